The zero-order valence-corrected chi connectivity index (χ0v) is 17.7. The third-order valence-electron chi connectivity index (χ3n) is 6.26. The van der Waals surface area contributed by atoms with Crippen LogP contribution in [0.3, 0.4) is 0 Å². The topological polar surface area (TPSA) is 55.9 Å². The van der Waals surface area contributed by atoms with Crippen molar-refractivity contribution in [3.8, 4) is 0 Å². The monoisotopic (exact) mass is 404 g/mol. The summed E-state index contributed by atoms with van der Waals surface area (Å²) in [6.07, 6.45) is 3.36. The van der Waals surface area contributed by atoms with Crippen LogP contribution in [0.4, 0.5) is 10.1 Å². The fourth-order valence-corrected chi connectivity index (χ4v) is 4.47. The van der Waals surface area contributed by atoms with Gasteiger partial charge in [-0.15, -0.1) is 0 Å². The van der Waals surface area contributed by atoms with Crippen LogP contribution in [0.25, 0.3) is 0 Å². The molecule has 0 aromatic heterocycles. The quantitative estimate of drug-likeness (QED) is 0.820. The number of piperazine rings is 1. The molecule has 29 heavy (non-hydrogen) atoms. The Balaban J connectivity index is 1.46. The smallest absolute Gasteiger partial charge is 0.240 e. The predicted molar refractivity (Wildman–Crippen MR) is 112 cm³/mol. The number of anilines is 1. The van der Waals surface area contributed by atoms with Crippen molar-refractivity contribution in [2.75, 3.05) is 38.0 Å². The average Bonchev–Trinajstić information content (AvgIpc) is 2.69. The maximum atomic E-state index is 13.1. The largest absolute Gasteiger partial charge is 0.336 e. The van der Waals surface area contributed by atoms with Crippen molar-refractivity contribution in [2.45, 2.75) is 58.2 Å². The van der Waals surface area contributed by atoms with Gasteiger partial charge in [-0.1, -0.05) is 0 Å². The molecule has 0 aliphatic carbocycles. The Morgan fingerprint density at radius 2 is 1.66 bits per heavy atom. The number of amides is 2. The van der Waals surface area contributed by atoms with E-state index in [0.717, 1.165) is 39.0 Å². The number of rotatable bonds is 5. The third-order valence-corrected chi connectivity index (χ3v) is 6.26. The number of carbonyl (C=O) groups excluding carboxylic acids is 2. The van der Waals surface area contributed by atoms with Gasteiger partial charge < -0.3 is 10.2 Å². The van der Waals surface area contributed by atoms with E-state index in [9.17, 15) is 14.0 Å². The molecule has 1 N–H and O–H groups in total. The normalized spacial score (nSPS) is 24.9. The van der Waals surface area contributed by atoms with E-state index in [-0.39, 0.29) is 23.7 Å². The summed E-state index contributed by atoms with van der Waals surface area (Å²) in [6.45, 7) is 9.65. The van der Waals surface area contributed by atoms with E-state index in [1.165, 1.54) is 18.6 Å². The molecule has 3 atom stereocenters. The molecular formula is C22H33FN4O2. The summed E-state index contributed by atoms with van der Waals surface area (Å²) in [4.78, 5) is 31.7. The number of likely N-dealkylation sites (tertiary alicyclic amines) is 1. The van der Waals surface area contributed by atoms with Crippen LogP contribution in [0.15, 0.2) is 24.3 Å². The summed E-state index contributed by atoms with van der Waals surface area (Å²) in [5.74, 6) is -0.200. The molecule has 2 aliphatic heterocycles. The second kappa shape index (κ2) is 9.67. The third kappa shape index (κ3) is 5.54. The van der Waals surface area contributed by atoms with Gasteiger partial charge in [-0.25, -0.2) is 4.39 Å². The predicted octanol–water partition coefficient (Wildman–Crippen LogP) is 2.56. The molecule has 1 aromatic rings. The molecule has 0 saturated carbocycles. The Bertz CT molecular complexity index is 693. The van der Waals surface area contributed by atoms with E-state index in [2.05, 4.69) is 33.9 Å². The van der Waals surface area contributed by atoms with Gasteiger partial charge >= 0.3 is 0 Å². The maximum absolute atomic E-state index is 13.1. The van der Waals surface area contributed by atoms with Gasteiger partial charge in [-0.05, 0) is 64.3 Å². The van der Waals surface area contributed by atoms with E-state index in [4.69, 9.17) is 0 Å². The summed E-state index contributed by atoms with van der Waals surface area (Å²) in [5, 5.41) is 2.80. The lowest BCUT2D eigenvalue weighted by Gasteiger charge is -2.44. The van der Waals surface area contributed by atoms with E-state index in [0.29, 0.717) is 24.3 Å². The number of hydrogen-bond acceptors (Lipinski definition) is 4. The molecule has 2 heterocycles. The Labute approximate surface area is 173 Å². The Hall–Kier alpha value is -1.99. The first-order valence-corrected chi connectivity index (χ1v) is 10.7. The Morgan fingerprint density at radius 1 is 1.07 bits per heavy atom. The number of piperidine rings is 1. The van der Waals surface area contributed by atoms with Gasteiger partial charge in [-0.2, -0.15) is 0 Å². The first-order valence-electron chi connectivity index (χ1n) is 10.7. The SMILES string of the molecule is C[C@H](C(=O)N1[C@H](C)CCC[C@@H]1C)N1CCN(CC(=O)Nc2ccc(F)cc2)CC1. The van der Waals surface area contributed by atoms with Crippen molar-refractivity contribution in [3.05, 3.63) is 30.1 Å². The molecule has 1 aromatic carbocycles. The van der Waals surface area contributed by atoms with Gasteiger partial charge in [0, 0.05) is 44.0 Å². The lowest BCUT2D eigenvalue weighted by molar-refractivity contribution is -0.143. The highest BCUT2D eigenvalue weighted by molar-refractivity contribution is 5.92. The molecule has 0 unspecified atom stereocenters. The van der Waals surface area contributed by atoms with Crippen LogP contribution in [0, 0.1) is 5.82 Å². The van der Waals surface area contributed by atoms with Crippen LogP contribution < -0.4 is 5.32 Å². The minimum atomic E-state index is -0.323. The highest BCUT2D eigenvalue weighted by Gasteiger charge is 2.35. The Kier molecular flexibility index (Phi) is 7.24. The van der Waals surface area contributed by atoms with Crippen molar-refractivity contribution in [1.29, 1.82) is 0 Å². The average molecular weight is 405 g/mol. The molecule has 0 spiro atoms. The van der Waals surface area contributed by atoms with E-state index in [1.54, 1.807) is 12.1 Å². The van der Waals surface area contributed by atoms with Crippen LogP contribution in [-0.2, 0) is 9.59 Å². The minimum absolute atomic E-state index is 0.106. The van der Waals surface area contributed by atoms with E-state index >= 15 is 0 Å². The molecule has 6 nitrogen and oxygen atoms in total. The second-order valence-corrected chi connectivity index (χ2v) is 8.42. The fraction of sp³-hybridized carbons (Fsp3) is 0.636. The number of nitrogens with one attached hydrogen (secondary N) is 1. The highest BCUT2D eigenvalue weighted by atomic mass is 19.1. The van der Waals surface area contributed by atoms with Gasteiger partial charge in [0.1, 0.15) is 5.82 Å². The van der Waals surface area contributed by atoms with Gasteiger partial charge in [0.25, 0.3) is 0 Å². The van der Waals surface area contributed by atoms with Crippen molar-refractivity contribution in [2.24, 2.45) is 0 Å². The number of nitrogens with zero attached hydrogens (tertiary/aromatic N) is 3. The lowest BCUT2D eigenvalue weighted by Crippen LogP contribution is -2.58. The highest BCUT2D eigenvalue weighted by Crippen LogP contribution is 2.24. The van der Waals surface area contributed by atoms with E-state index in [1.807, 2.05) is 6.92 Å². The second-order valence-electron chi connectivity index (χ2n) is 8.42. The number of benzene rings is 1. The van der Waals surface area contributed by atoms with Crippen molar-refractivity contribution >= 4 is 17.5 Å². The summed E-state index contributed by atoms with van der Waals surface area (Å²) in [7, 11) is 0. The van der Waals surface area contributed by atoms with Crippen LogP contribution in [0.1, 0.15) is 40.0 Å². The molecule has 2 amide bonds. The zero-order chi connectivity index (χ0) is 21.0. The van der Waals surface area contributed by atoms with Crippen molar-refractivity contribution in [3.63, 3.8) is 0 Å². The first-order chi connectivity index (χ1) is 13.8. The van der Waals surface area contributed by atoms with E-state index < -0.39 is 0 Å². The summed E-state index contributed by atoms with van der Waals surface area (Å²) >= 11 is 0. The summed E-state index contributed by atoms with van der Waals surface area (Å²) in [6, 6.07) is 6.26. The molecule has 160 valence electrons. The minimum Gasteiger partial charge on any atom is -0.336 e. The zero-order valence-electron chi connectivity index (χ0n) is 17.7. The van der Waals surface area contributed by atoms with Crippen LogP contribution in [0.5, 0.6) is 0 Å². The molecule has 0 bridgehead atoms. The molecule has 3 rings (SSSR count). The van der Waals surface area contributed by atoms with Gasteiger partial charge in [0.2, 0.25) is 11.8 Å². The maximum Gasteiger partial charge on any atom is 0.240 e. The summed E-state index contributed by atoms with van der Waals surface area (Å²) in [5.41, 5.74) is 0.596. The van der Waals surface area contributed by atoms with Crippen molar-refractivity contribution < 1.29 is 14.0 Å². The molecular weight excluding hydrogens is 371 g/mol. The molecule has 2 fully saturated rings. The Morgan fingerprint density at radius 3 is 2.24 bits per heavy atom. The number of halogens is 1. The van der Waals surface area contributed by atoms with Crippen LogP contribution in [0.2, 0.25) is 0 Å². The van der Waals surface area contributed by atoms with Gasteiger partial charge in [0.05, 0.1) is 12.6 Å². The molecule has 0 radical (unpaired) electrons. The van der Waals surface area contributed by atoms with Crippen LogP contribution in [-0.4, -0.2) is 77.4 Å². The lowest BCUT2D eigenvalue weighted by atomic mass is 9.96. The molecule has 2 saturated heterocycles. The first kappa shape index (κ1) is 21.7. The fourth-order valence-electron chi connectivity index (χ4n) is 4.47. The van der Waals surface area contributed by atoms with Gasteiger partial charge in [0.15, 0.2) is 0 Å². The number of hydrogen-bond donors (Lipinski definition) is 1. The van der Waals surface area contributed by atoms with Crippen LogP contribution >= 0.6 is 0 Å². The standard InChI is InChI=1S/C22H33FN4O2/c1-16-5-4-6-17(2)27(16)22(29)18(3)26-13-11-25(12-14-26)15-21(28)24-20-9-7-19(23)8-10-20/h7-10,16-18H,4-6,11-15H2,1-3H3,(H,24,28)/t16-,17+,18-/m1/s1. The van der Waals surface area contributed by atoms with Gasteiger partial charge in [-0.3, -0.25) is 19.4 Å². The molecule has 2 aliphatic rings. The summed E-state index contributed by atoms with van der Waals surface area (Å²) < 4.78 is 13.0. The van der Waals surface area contributed by atoms with Crippen molar-refractivity contribution in [1.82, 2.24) is 14.7 Å². The number of carbonyl (C=O) groups is 2. The molecule has 7 heteroatoms.